The Morgan fingerprint density at radius 1 is 0.750 bits per heavy atom. The normalized spacial score (nSPS) is 17.2. The summed E-state index contributed by atoms with van der Waals surface area (Å²) in [5.74, 6) is 2.22. The van der Waals surface area contributed by atoms with Gasteiger partial charge in [0, 0.05) is 11.5 Å². The first-order valence-corrected chi connectivity index (χ1v) is 12.9. The van der Waals surface area contributed by atoms with Crippen LogP contribution >= 0.6 is 23.2 Å². The molecule has 1 heterocycles. The van der Waals surface area contributed by atoms with Crippen molar-refractivity contribution in [2.24, 2.45) is 0 Å². The van der Waals surface area contributed by atoms with Gasteiger partial charge in [0.2, 0.25) is 0 Å². The van der Waals surface area contributed by atoms with E-state index in [4.69, 9.17) is 42.1 Å². The standard InChI is InChI=1S/C28H30Cl2O6/c29-13-21(31)15-33-23-9-5-19(6-10-23)28(20-7-11-24(12-8-20)34-16-22(32)14-30)26-3-1-2-4-27(26)36-18-25-17-35-25/h1-12,21-22,25,28,31-32H,13-18H2. The molecule has 6 nitrogen and oxygen atoms in total. The molecule has 0 amide bonds. The second-order valence-corrected chi connectivity index (χ2v) is 9.23. The summed E-state index contributed by atoms with van der Waals surface area (Å²) in [5.41, 5.74) is 3.12. The monoisotopic (exact) mass is 532 g/mol. The van der Waals surface area contributed by atoms with E-state index in [1.54, 1.807) is 0 Å². The summed E-state index contributed by atoms with van der Waals surface area (Å²) in [6, 6.07) is 23.6. The lowest BCUT2D eigenvalue weighted by atomic mass is 9.84. The third kappa shape index (κ3) is 7.51. The summed E-state index contributed by atoms with van der Waals surface area (Å²) >= 11 is 11.3. The van der Waals surface area contributed by atoms with Crippen molar-refractivity contribution < 1.29 is 29.2 Å². The van der Waals surface area contributed by atoms with Crippen LogP contribution in [-0.4, -0.2) is 66.7 Å². The molecule has 4 rings (SSSR count). The van der Waals surface area contributed by atoms with Gasteiger partial charge in [0.25, 0.3) is 0 Å². The van der Waals surface area contributed by atoms with E-state index in [2.05, 4.69) is 6.07 Å². The molecule has 3 aromatic carbocycles. The predicted octanol–water partition coefficient (Wildman–Crippen LogP) is 4.60. The van der Waals surface area contributed by atoms with Crippen molar-refractivity contribution in [2.45, 2.75) is 24.2 Å². The minimum atomic E-state index is -0.718. The van der Waals surface area contributed by atoms with Crippen LogP contribution in [0.5, 0.6) is 17.2 Å². The minimum absolute atomic E-state index is 0.118. The van der Waals surface area contributed by atoms with Gasteiger partial charge >= 0.3 is 0 Å². The first-order chi connectivity index (χ1) is 17.6. The number of epoxide rings is 1. The van der Waals surface area contributed by atoms with Gasteiger partial charge in [-0.15, -0.1) is 23.2 Å². The smallest absolute Gasteiger partial charge is 0.123 e. The van der Waals surface area contributed by atoms with E-state index in [1.807, 2.05) is 66.7 Å². The van der Waals surface area contributed by atoms with Crippen molar-refractivity contribution in [3.05, 3.63) is 89.5 Å². The first kappa shape index (κ1) is 26.6. The Hall–Kier alpha value is -2.48. The number of benzene rings is 3. The summed E-state index contributed by atoms with van der Waals surface area (Å²) in [6.45, 7) is 1.50. The molecule has 3 atom stereocenters. The predicted molar refractivity (Wildman–Crippen MR) is 140 cm³/mol. The number of aliphatic hydroxyl groups is 2. The van der Waals surface area contributed by atoms with Gasteiger partial charge in [-0.05, 0) is 41.5 Å². The maximum atomic E-state index is 9.68. The third-order valence-corrected chi connectivity index (χ3v) is 6.44. The number of alkyl halides is 2. The highest BCUT2D eigenvalue weighted by molar-refractivity contribution is 6.18. The van der Waals surface area contributed by atoms with E-state index >= 15 is 0 Å². The molecule has 8 heteroatoms. The SMILES string of the molecule is OC(CCl)COc1ccc(C(c2ccc(OCC(O)CCl)cc2)c2ccccc2OCC2CO2)cc1. The van der Waals surface area contributed by atoms with Crippen LogP contribution in [-0.2, 0) is 4.74 Å². The molecule has 0 aliphatic carbocycles. The number of para-hydroxylation sites is 1. The van der Waals surface area contributed by atoms with Crippen molar-refractivity contribution in [3.8, 4) is 17.2 Å². The van der Waals surface area contributed by atoms with E-state index in [1.165, 1.54) is 0 Å². The van der Waals surface area contributed by atoms with Gasteiger partial charge < -0.3 is 29.2 Å². The summed E-state index contributed by atoms with van der Waals surface area (Å²) < 4.78 is 22.8. The zero-order valence-corrected chi connectivity index (χ0v) is 21.3. The zero-order valence-electron chi connectivity index (χ0n) is 19.8. The topological polar surface area (TPSA) is 80.7 Å². The molecule has 1 aliphatic rings. The molecule has 1 fully saturated rings. The number of halogens is 2. The molecule has 36 heavy (non-hydrogen) atoms. The molecule has 3 aromatic rings. The summed E-state index contributed by atoms with van der Waals surface area (Å²) in [7, 11) is 0. The molecule has 0 saturated carbocycles. The molecule has 192 valence electrons. The van der Waals surface area contributed by atoms with Gasteiger partial charge in [-0.2, -0.15) is 0 Å². The number of hydrogen-bond donors (Lipinski definition) is 2. The fourth-order valence-corrected chi connectivity index (χ4v) is 3.91. The molecule has 0 bridgehead atoms. The number of aliphatic hydroxyl groups excluding tert-OH is 2. The van der Waals surface area contributed by atoms with Crippen LogP contribution in [0, 0.1) is 0 Å². The number of ether oxygens (including phenoxy) is 4. The third-order valence-electron chi connectivity index (χ3n) is 5.72. The molecular weight excluding hydrogens is 503 g/mol. The summed E-state index contributed by atoms with van der Waals surface area (Å²) in [6.07, 6.45) is -1.29. The van der Waals surface area contributed by atoms with E-state index < -0.39 is 12.2 Å². The van der Waals surface area contributed by atoms with Crippen molar-refractivity contribution in [1.82, 2.24) is 0 Å². The Balaban J connectivity index is 1.61. The van der Waals surface area contributed by atoms with E-state index in [0.717, 1.165) is 29.0 Å². The fraction of sp³-hybridized carbons (Fsp3) is 0.357. The van der Waals surface area contributed by atoms with Crippen LogP contribution < -0.4 is 14.2 Å². The number of hydrogen-bond acceptors (Lipinski definition) is 6. The fourth-order valence-electron chi connectivity index (χ4n) is 3.74. The molecule has 1 saturated heterocycles. The second kappa shape index (κ2) is 13.2. The van der Waals surface area contributed by atoms with Crippen molar-refractivity contribution in [2.75, 3.05) is 38.2 Å². The summed E-state index contributed by atoms with van der Waals surface area (Å²) in [5, 5.41) is 19.4. The highest BCUT2D eigenvalue weighted by atomic mass is 35.5. The highest BCUT2D eigenvalue weighted by Gasteiger charge is 2.25. The van der Waals surface area contributed by atoms with Crippen molar-refractivity contribution in [1.29, 1.82) is 0 Å². The van der Waals surface area contributed by atoms with Gasteiger partial charge in [0.1, 0.15) is 55.4 Å². The Labute approximate surface area is 221 Å². The average molecular weight is 533 g/mol. The van der Waals surface area contributed by atoms with Crippen LogP contribution in [0.25, 0.3) is 0 Å². The lowest BCUT2D eigenvalue weighted by Gasteiger charge is -2.22. The van der Waals surface area contributed by atoms with Gasteiger partial charge in [-0.1, -0.05) is 42.5 Å². The molecule has 1 aliphatic heterocycles. The molecule has 2 N–H and O–H groups in total. The second-order valence-electron chi connectivity index (χ2n) is 8.61. The Morgan fingerprint density at radius 3 is 1.72 bits per heavy atom. The van der Waals surface area contributed by atoms with Crippen LogP contribution in [0.2, 0.25) is 0 Å². The average Bonchev–Trinajstić information content (AvgIpc) is 3.76. The van der Waals surface area contributed by atoms with E-state index in [-0.39, 0.29) is 37.0 Å². The van der Waals surface area contributed by atoms with E-state index in [9.17, 15) is 10.2 Å². The van der Waals surface area contributed by atoms with Crippen LogP contribution in [0.1, 0.15) is 22.6 Å². The Morgan fingerprint density at radius 2 is 1.25 bits per heavy atom. The largest absolute Gasteiger partial charge is 0.491 e. The molecule has 0 aromatic heterocycles. The lowest BCUT2D eigenvalue weighted by Crippen LogP contribution is -2.18. The zero-order chi connectivity index (χ0) is 25.3. The quantitative estimate of drug-likeness (QED) is 0.179. The number of rotatable bonds is 14. The van der Waals surface area contributed by atoms with Gasteiger partial charge in [-0.3, -0.25) is 0 Å². The van der Waals surface area contributed by atoms with Crippen LogP contribution in [0.3, 0.4) is 0 Å². The van der Waals surface area contributed by atoms with Crippen molar-refractivity contribution >= 4 is 23.2 Å². The first-order valence-electron chi connectivity index (χ1n) is 11.8. The molecular formula is C28H30Cl2O6. The Bertz CT molecular complexity index is 1010. The molecule has 0 radical (unpaired) electrons. The maximum absolute atomic E-state index is 9.68. The Kier molecular flexibility index (Phi) is 9.73. The van der Waals surface area contributed by atoms with Crippen LogP contribution in [0.15, 0.2) is 72.8 Å². The van der Waals surface area contributed by atoms with Gasteiger partial charge in [0.05, 0.1) is 18.4 Å². The van der Waals surface area contributed by atoms with Gasteiger partial charge in [0.15, 0.2) is 0 Å². The van der Waals surface area contributed by atoms with Crippen LogP contribution in [0.4, 0.5) is 0 Å². The highest BCUT2D eigenvalue weighted by Crippen LogP contribution is 2.38. The van der Waals surface area contributed by atoms with Gasteiger partial charge in [-0.25, -0.2) is 0 Å². The minimum Gasteiger partial charge on any atom is -0.491 e. The van der Waals surface area contributed by atoms with Crippen molar-refractivity contribution in [3.63, 3.8) is 0 Å². The lowest BCUT2D eigenvalue weighted by molar-refractivity contribution is 0.125. The molecule has 3 unspecified atom stereocenters. The summed E-state index contributed by atoms with van der Waals surface area (Å²) in [4.78, 5) is 0. The maximum Gasteiger partial charge on any atom is 0.123 e. The van der Waals surface area contributed by atoms with E-state index in [0.29, 0.717) is 18.1 Å². The molecule has 0 spiro atoms.